The van der Waals surface area contributed by atoms with E-state index >= 15 is 0 Å². The van der Waals surface area contributed by atoms with E-state index in [1.807, 2.05) is 13.0 Å². The van der Waals surface area contributed by atoms with Gasteiger partial charge in [0.15, 0.2) is 0 Å². The van der Waals surface area contributed by atoms with E-state index in [1.54, 1.807) is 20.4 Å². The average Bonchev–Trinajstić information content (AvgIpc) is 2.29. The number of methoxy groups -OCH3 is 1. The van der Waals surface area contributed by atoms with Gasteiger partial charge in [0.2, 0.25) is 0 Å². The van der Waals surface area contributed by atoms with Crippen LogP contribution in [0.1, 0.15) is 12.5 Å². The molecule has 1 rings (SSSR count). The third kappa shape index (κ3) is 3.11. The highest BCUT2D eigenvalue weighted by atomic mass is 16.5. The molecule has 1 atom stereocenters. The van der Waals surface area contributed by atoms with E-state index < -0.39 is 0 Å². The van der Waals surface area contributed by atoms with Gasteiger partial charge in [-0.05, 0) is 6.92 Å². The number of anilines is 2. The average molecular weight is 220 g/mol. The highest BCUT2D eigenvalue weighted by molar-refractivity contribution is 5.61. The minimum Gasteiger partial charge on any atom is -0.383 e. The molecule has 0 saturated carbocycles. The maximum Gasteiger partial charge on any atom is 0.127 e. The summed E-state index contributed by atoms with van der Waals surface area (Å²) in [6.45, 7) is 2.58. The lowest BCUT2D eigenvalue weighted by Crippen LogP contribution is -2.21. The van der Waals surface area contributed by atoms with Gasteiger partial charge in [0, 0.05) is 32.5 Å². The molecule has 2 N–H and O–H groups in total. The molecule has 0 fully saturated rings. The predicted octanol–water partition coefficient (Wildman–Crippen LogP) is 1.44. The zero-order chi connectivity index (χ0) is 12.0. The van der Waals surface area contributed by atoms with E-state index in [0.717, 1.165) is 11.5 Å². The lowest BCUT2D eigenvalue weighted by atomic mass is 10.2. The first-order valence-electron chi connectivity index (χ1n) is 5.04. The molecule has 5 heteroatoms. The zero-order valence-corrected chi connectivity index (χ0v) is 9.74. The van der Waals surface area contributed by atoms with Gasteiger partial charge in [-0.15, -0.1) is 0 Å². The maximum absolute atomic E-state index is 8.94. The van der Waals surface area contributed by atoms with Crippen molar-refractivity contribution in [1.82, 2.24) is 4.98 Å². The molecule has 16 heavy (non-hydrogen) atoms. The number of rotatable bonds is 5. The van der Waals surface area contributed by atoms with Crippen molar-refractivity contribution in [1.29, 1.82) is 5.26 Å². The Bertz CT molecular complexity index is 386. The second-order valence-corrected chi connectivity index (χ2v) is 3.48. The van der Waals surface area contributed by atoms with E-state index in [-0.39, 0.29) is 6.04 Å². The number of aromatic nitrogens is 1. The molecule has 0 aliphatic carbocycles. The summed E-state index contributed by atoms with van der Waals surface area (Å²) >= 11 is 0. The van der Waals surface area contributed by atoms with Gasteiger partial charge in [0.1, 0.15) is 11.9 Å². The Labute approximate surface area is 95.4 Å². The van der Waals surface area contributed by atoms with Crippen LogP contribution in [0.4, 0.5) is 11.5 Å². The third-order valence-electron chi connectivity index (χ3n) is 2.10. The molecular weight excluding hydrogens is 204 g/mol. The largest absolute Gasteiger partial charge is 0.383 e. The van der Waals surface area contributed by atoms with E-state index in [4.69, 9.17) is 10.00 Å². The Morgan fingerprint density at radius 2 is 2.38 bits per heavy atom. The van der Waals surface area contributed by atoms with Crippen molar-refractivity contribution < 1.29 is 4.74 Å². The molecule has 0 aromatic carbocycles. The van der Waals surface area contributed by atoms with Crippen LogP contribution in [0.15, 0.2) is 12.3 Å². The normalized spacial score (nSPS) is 11.6. The molecule has 86 valence electrons. The number of nitrogens with zero attached hydrogens (tertiary/aromatic N) is 2. The first kappa shape index (κ1) is 12.3. The fraction of sp³-hybridized carbons (Fsp3) is 0.455. The summed E-state index contributed by atoms with van der Waals surface area (Å²) in [5.74, 6) is 0.728. The van der Waals surface area contributed by atoms with Crippen molar-refractivity contribution in [2.75, 3.05) is 31.4 Å². The van der Waals surface area contributed by atoms with Gasteiger partial charge in [-0.3, -0.25) is 0 Å². The molecule has 0 amide bonds. The minimum atomic E-state index is 0.143. The number of pyridine rings is 1. The summed E-state index contributed by atoms with van der Waals surface area (Å²) in [6, 6.07) is 4.05. The van der Waals surface area contributed by atoms with Gasteiger partial charge in [0.25, 0.3) is 0 Å². The molecule has 0 aliphatic heterocycles. The molecule has 0 saturated heterocycles. The zero-order valence-electron chi connectivity index (χ0n) is 9.74. The van der Waals surface area contributed by atoms with E-state index in [1.165, 1.54) is 0 Å². The first-order chi connectivity index (χ1) is 7.71. The van der Waals surface area contributed by atoms with Crippen molar-refractivity contribution in [3.8, 4) is 6.07 Å². The summed E-state index contributed by atoms with van der Waals surface area (Å²) in [4.78, 5) is 4.08. The van der Waals surface area contributed by atoms with Crippen LogP contribution in [0.25, 0.3) is 0 Å². The molecule has 0 radical (unpaired) electrons. The highest BCUT2D eigenvalue weighted by Gasteiger charge is 2.07. The van der Waals surface area contributed by atoms with Crippen LogP contribution in [0, 0.1) is 11.3 Å². The monoisotopic (exact) mass is 220 g/mol. The SMILES string of the molecule is CNc1cc(NC(C)COC)c(C#N)cn1. The van der Waals surface area contributed by atoms with Gasteiger partial charge >= 0.3 is 0 Å². The van der Waals surface area contributed by atoms with Gasteiger partial charge in [-0.25, -0.2) is 4.98 Å². The minimum absolute atomic E-state index is 0.143. The number of nitriles is 1. The topological polar surface area (TPSA) is 70.0 Å². The molecular formula is C11H16N4O. The summed E-state index contributed by atoms with van der Waals surface area (Å²) in [5, 5.41) is 15.1. The van der Waals surface area contributed by atoms with Gasteiger partial charge < -0.3 is 15.4 Å². The molecule has 1 unspecified atom stereocenters. The van der Waals surface area contributed by atoms with Crippen molar-refractivity contribution in [2.45, 2.75) is 13.0 Å². The van der Waals surface area contributed by atoms with Crippen LogP contribution in [0.2, 0.25) is 0 Å². The molecule has 5 nitrogen and oxygen atoms in total. The molecule has 1 aromatic heterocycles. The molecule has 0 bridgehead atoms. The van der Waals surface area contributed by atoms with Crippen molar-refractivity contribution in [3.05, 3.63) is 17.8 Å². The standard InChI is InChI=1S/C11H16N4O/c1-8(7-16-3)15-10-4-11(13-2)14-6-9(10)5-12/h4,6,8H,7H2,1-3H3,(H2,13,14,15). The highest BCUT2D eigenvalue weighted by Crippen LogP contribution is 2.18. The Morgan fingerprint density at radius 3 is 2.94 bits per heavy atom. The van der Waals surface area contributed by atoms with Gasteiger partial charge in [-0.1, -0.05) is 0 Å². The summed E-state index contributed by atoms with van der Waals surface area (Å²) in [7, 11) is 3.44. The Balaban J connectivity index is 2.88. The number of hydrogen-bond donors (Lipinski definition) is 2. The second-order valence-electron chi connectivity index (χ2n) is 3.48. The molecule has 1 heterocycles. The van der Waals surface area contributed by atoms with E-state index in [0.29, 0.717) is 12.2 Å². The predicted molar refractivity (Wildman–Crippen MR) is 63.5 cm³/mol. The van der Waals surface area contributed by atoms with Gasteiger partial charge in [-0.2, -0.15) is 5.26 Å². The fourth-order valence-corrected chi connectivity index (χ4v) is 1.36. The van der Waals surface area contributed by atoms with Crippen LogP contribution >= 0.6 is 0 Å². The number of nitrogens with one attached hydrogen (secondary N) is 2. The fourth-order valence-electron chi connectivity index (χ4n) is 1.36. The van der Waals surface area contributed by atoms with Crippen molar-refractivity contribution in [2.24, 2.45) is 0 Å². The first-order valence-corrected chi connectivity index (χ1v) is 5.04. The van der Waals surface area contributed by atoms with Crippen molar-refractivity contribution in [3.63, 3.8) is 0 Å². The van der Waals surface area contributed by atoms with Crippen LogP contribution in [-0.4, -0.2) is 31.8 Å². The smallest absolute Gasteiger partial charge is 0.127 e. The number of hydrogen-bond acceptors (Lipinski definition) is 5. The van der Waals surface area contributed by atoms with Gasteiger partial charge in [0.05, 0.1) is 17.9 Å². The van der Waals surface area contributed by atoms with E-state index in [9.17, 15) is 0 Å². The Kier molecular flexibility index (Phi) is 4.55. The summed E-state index contributed by atoms with van der Waals surface area (Å²) in [6.07, 6.45) is 1.55. The molecule has 1 aromatic rings. The van der Waals surface area contributed by atoms with Crippen molar-refractivity contribution >= 4 is 11.5 Å². The Morgan fingerprint density at radius 1 is 1.62 bits per heavy atom. The van der Waals surface area contributed by atoms with Crippen LogP contribution in [0.3, 0.4) is 0 Å². The second kappa shape index (κ2) is 5.93. The number of ether oxygens (including phenoxy) is 1. The molecule has 0 spiro atoms. The molecule has 0 aliphatic rings. The van der Waals surface area contributed by atoms with Crippen LogP contribution < -0.4 is 10.6 Å². The van der Waals surface area contributed by atoms with Crippen LogP contribution in [-0.2, 0) is 4.74 Å². The lowest BCUT2D eigenvalue weighted by Gasteiger charge is -2.15. The van der Waals surface area contributed by atoms with Crippen LogP contribution in [0.5, 0.6) is 0 Å². The van der Waals surface area contributed by atoms with E-state index in [2.05, 4.69) is 21.7 Å². The Hall–Kier alpha value is -1.80. The third-order valence-corrected chi connectivity index (χ3v) is 2.10. The summed E-state index contributed by atoms with van der Waals surface area (Å²) in [5.41, 5.74) is 1.30. The summed E-state index contributed by atoms with van der Waals surface area (Å²) < 4.78 is 5.03. The lowest BCUT2D eigenvalue weighted by molar-refractivity contribution is 0.190. The maximum atomic E-state index is 8.94. The quantitative estimate of drug-likeness (QED) is 0.785.